The normalized spacial score (nSPS) is 31.7. The summed E-state index contributed by atoms with van der Waals surface area (Å²) in [4.78, 5) is 25.7. The van der Waals surface area contributed by atoms with Gasteiger partial charge in [0.2, 0.25) is 0 Å². The largest absolute Gasteiger partial charge is 0.388 e. The molecule has 0 aliphatic carbocycles. The van der Waals surface area contributed by atoms with Crippen LogP contribution in [0.5, 0.6) is 0 Å². The van der Waals surface area contributed by atoms with E-state index in [9.17, 15) is 24.9 Å². The molecule has 1 aromatic heterocycles. The third-order valence-electron chi connectivity index (χ3n) is 6.57. The van der Waals surface area contributed by atoms with E-state index in [0.717, 1.165) is 24.0 Å². The molecule has 3 rings (SSSR count). The molecule has 8 unspecified atom stereocenters. The second kappa shape index (κ2) is 13.6. The summed E-state index contributed by atoms with van der Waals surface area (Å²) in [5, 5.41) is 34.5. The number of ether oxygens (including phenoxy) is 3. The number of nitrogens with zero attached hydrogens (tertiary/aromatic N) is 1. The van der Waals surface area contributed by atoms with Crippen molar-refractivity contribution < 1.29 is 29.5 Å². The lowest BCUT2D eigenvalue weighted by molar-refractivity contribution is -0.213. The lowest BCUT2D eigenvalue weighted by Crippen LogP contribution is -2.44. The van der Waals surface area contributed by atoms with Crippen LogP contribution >= 0.6 is 0 Å². The third kappa shape index (κ3) is 7.43. The van der Waals surface area contributed by atoms with Gasteiger partial charge in [-0.3, -0.25) is 14.3 Å². The monoisotopic (exact) mass is 500 g/mol. The molecule has 2 aliphatic heterocycles. The fourth-order valence-electron chi connectivity index (χ4n) is 4.53. The lowest BCUT2D eigenvalue weighted by atomic mass is 10.1. The van der Waals surface area contributed by atoms with Gasteiger partial charge in [-0.05, 0) is 13.0 Å². The number of rotatable bonds is 14. The van der Waals surface area contributed by atoms with Gasteiger partial charge in [-0.2, -0.15) is 0 Å². The molecule has 8 atom stereocenters. The quantitative estimate of drug-likeness (QED) is 0.172. The Bertz CT molecular complexity index is 880. The molecule has 2 aliphatic rings. The maximum absolute atomic E-state index is 12.2. The molecule has 0 spiro atoms. The number of nitrogens with one attached hydrogen (secondary N) is 2. The van der Waals surface area contributed by atoms with E-state index in [1.807, 2.05) is 0 Å². The van der Waals surface area contributed by atoms with Gasteiger partial charge in [0.05, 0.1) is 12.2 Å². The molecule has 12 heteroatoms. The maximum Gasteiger partial charge on any atom is 0.330 e. The summed E-state index contributed by atoms with van der Waals surface area (Å²) >= 11 is 0. The minimum absolute atomic E-state index is 0.0227. The van der Waals surface area contributed by atoms with Crippen LogP contribution in [-0.4, -0.2) is 87.4 Å². The number of aliphatic hydroxyl groups excluding tert-OH is 3. The Morgan fingerprint density at radius 1 is 1.17 bits per heavy atom. The second-order valence-electron chi connectivity index (χ2n) is 9.29. The van der Waals surface area contributed by atoms with Gasteiger partial charge >= 0.3 is 5.69 Å². The Hall–Kier alpha value is -1.64. The molecule has 0 radical (unpaired) electrons. The van der Waals surface area contributed by atoms with Gasteiger partial charge < -0.3 is 40.6 Å². The van der Waals surface area contributed by atoms with Crippen molar-refractivity contribution in [1.29, 1.82) is 0 Å². The average molecular weight is 501 g/mol. The Morgan fingerprint density at radius 3 is 2.60 bits per heavy atom. The lowest BCUT2D eigenvalue weighted by Gasteiger charge is -2.28. The molecular weight excluding hydrogens is 460 g/mol. The van der Waals surface area contributed by atoms with Crippen molar-refractivity contribution >= 4 is 0 Å². The second-order valence-corrected chi connectivity index (χ2v) is 9.29. The zero-order chi connectivity index (χ0) is 25.4. The summed E-state index contributed by atoms with van der Waals surface area (Å²) in [6, 6.07) is 1.18. The summed E-state index contributed by atoms with van der Waals surface area (Å²) in [5.74, 6) is 0. The minimum Gasteiger partial charge on any atom is -0.388 e. The highest BCUT2D eigenvalue weighted by atomic mass is 16.7. The summed E-state index contributed by atoms with van der Waals surface area (Å²) in [5.41, 5.74) is 4.37. The number of H-pyrrole nitrogens is 1. The molecule has 0 bridgehead atoms. The maximum atomic E-state index is 12.2. The van der Waals surface area contributed by atoms with E-state index >= 15 is 0 Å². The summed E-state index contributed by atoms with van der Waals surface area (Å²) < 4.78 is 18.7. The van der Waals surface area contributed by atoms with Crippen LogP contribution < -0.4 is 22.3 Å². The van der Waals surface area contributed by atoms with Crippen molar-refractivity contribution in [2.75, 3.05) is 19.6 Å². The summed E-state index contributed by atoms with van der Waals surface area (Å²) in [6.07, 6.45) is 0.730. The highest BCUT2D eigenvalue weighted by molar-refractivity contribution is 4.93. The van der Waals surface area contributed by atoms with Crippen molar-refractivity contribution in [3.05, 3.63) is 33.1 Å². The van der Waals surface area contributed by atoms with Gasteiger partial charge in [-0.25, -0.2) is 4.79 Å². The van der Waals surface area contributed by atoms with E-state index in [-0.39, 0.29) is 13.0 Å². The first-order valence-electron chi connectivity index (χ1n) is 12.6. The predicted octanol–water partition coefficient (Wildman–Crippen LogP) is -1.07. The molecule has 0 aromatic carbocycles. The Kier molecular flexibility index (Phi) is 10.9. The number of hydrogen-bond acceptors (Lipinski definition) is 10. The summed E-state index contributed by atoms with van der Waals surface area (Å²) in [6.45, 7) is 3.30. The van der Waals surface area contributed by atoms with Crippen molar-refractivity contribution in [1.82, 2.24) is 14.9 Å². The Balaban J connectivity index is 1.63. The van der Waals surface area contributed by atoms with Gasteiger partial charge in [0.25, 0.3) is 5.56 Å². The molecule has 3 heterocycles. The number of nitrogens with two attached hydrogens (primary N) is 1. The number of unbranched alkanes of at least 4 members (excludes halogenated alkanes) is 5. The minimum atomic E-state index is -1.28. The zero-order valence-electron chi connectivity index (χ0n) is 20.3. The molecule has 0 amide bonds. The first-order chi connectivity index (χ1) is 16.8. The first-order valence-corrected chi connectivity index (χ1v) is 12.6. The van der Waals surface area contributed by atoms with Crippen LogP contribution in [0, 0.1) is 0 Å². The zero-order valence-corrected chi connectivity index (χ0v) is 20.3. The number of aromatic amines is 1. The fourth-order valence-corrected chi connectivity index (χ4v) is 4.53. The molecular formula is C23H40N4O8. The Labute approximate surface area is 204 Å². The van der Waals surface area contributed by atoms with Crippen molar-refractivity contribution in [3.8, 4) is 0 Å². The number of aliphatic hydroxyl groups is 3. The highest BCUT2D eigenvalue weighted by Crippen LogP contribution is 2.32. The van der Waals surface area contributed by atoms with Crippen LogP contribution in [0.25, 0.3) is 0 Å². The van der Waals surface area contributed by atoms with Gasteiger partial charge in [0.15, 0.2) is 12.5 Å². The highest BCUT2D eigenvalue weighted by Gasteiger charge is 2.46. The van der Waals surface area contributed by atoms with Crippen molar-refractivity contribution in [2.24, 2.45) is 5.73 Å². The van der Waals surface area contributed by atoms with Crippen LogP contribution in [0.2, 0.25) is 0 Å². The van der Waals surface area contributed by atoms with E-state index in [0.29, 0.717) is 6.54 Å². The smallest absolute Gasteiger partial charge is 0.330 e. The van der Waals surface area contributed by atoms with Gasteiger partial charge in [-0.15, -0.1) is 0 Å². The molecule has 12 nitrogen and oxygen atoms in total. The van der Waals surface area contributed by atoms with Crippen LogP contribution in [0.15, 0.2) is 21.9 Å². The van der Waals surface area contributed by atoms with E-state index in [2.05, 4.69) is 17.2 Å². The molecule has 7 N–H and O–H groups in total. The summed E-state index contributed by atoms with van der Waals surface area (Å²) in [7, 11) is 0. The van der Waals surface area contributed by atoms with E-state index in [1.54, 1.807) is 0 Å². The van der Waals surface area contributed by atoms with Crippen LogP contribution in [0.3, 0.4) is 0 Å². The van der Waals surface area contributed by atoms with E-state index < -0.39 is 60.4 Å². The first kappa shape index (κ1) is 27.9. The van der Waals surface area contributed by atoms with Crippen molar-refractivity contribution in [3.63, 3.8) is 0 Å². The van der Waals surface area contributed by atoms with Crippen LogP contribution in [-0.2, 0) is 14.2 Å². The Morgan fingerprint density at radius 2 is 1.91 bits per heavy atom. The predicted molar refractivity (Wildman–Crippen MR) is 127 cm³/mol. The third-order valence-corrected chi connectivity index (χ3v) is 6.57. The average Bonchev–Trinajstić information content (AvgIpc) is 3.34. The molecule has 200 valence electrons. The van der Waals surface area contributed by atoms with E-state index in [1.165, 1.54) is 37.9 Å². The standard InChI is InChI=1S/C23H40N4O8/c1-2-3-4-5-6-7-9-25-13-17(35-22-20(31)19(30)16(12-24)34-22)15-11-14(28)21(33-15)27-10-8-18(29)26-23(27)32/h8,10,14-17,19-22,25,28,30-31H,2-7,9,11-13,24H2,1H3,(H,26,29,32). The van der Waals surface area contributed by atoms with E-state index in [4.69, 9.17) is 19.9 Å². The molecule has 2 saturated heterocycles. The molecule has 0 saturated carbocycles. The molecule has 1 aromatic rings. The number of aromatic nitrogens is 2. The van der Waals surface area contributed by atoms with Gasteiger partial charge in [-0.1, -0.05) is 39.0 Å². The molecule has 35 heavy (non-hydrogen) atoms. The SMILES string of the molecule is CCCCCCCCNCC(OC1OC(CN)C(O)C1O)C1CC(O)C(n2ccc(=O)[nH]c2=O)O1. The van der Waals surface area contributed by atoms with Crippen LogP contribution in [0.1, 0.15) is 58.1 Å². The topological polar surface area (TPSA) is 181 Å². The molecule has 2 fully saturated rings. The fraction of sp³-hybridized carbons (Fsp3) is 0.826. The van der Waals surface area contributed by atoms with Crippen LogP contribution in [0.4, 0.5) is 0 Å². The number of hydrogen-bond donors (Lipinski definition) is 6. The van der Waals surface area contributed by atoms with Gasteiger partial charge in [0.1, 0.15) is 24.4 Å². The van der Waals surface area contributed by atoms with Gasteiger partial charge in [0, 0.05) is 31.8 Å². The van der Waals surface area contributed by atoms with Crippen molar-refractivity contribution in [2.45, 2.75) is 101 Å².